The lowest BCUT2D eigenvalue weighted by molar-refractivity contribution is -0.00326. The number of rotatable bonds is 6. The second kappa shape index (κ2) is 9.28. The summed E-state index contributed by atoms with van der Waals surface area (Å²) in [6, 6.07) is -0.399. The van der Waals surface area contributed by atoms with Crippen molar-refractivity contribution in [2.75, 3.05) is 6.54 Å². The second-order valence-electron chi connectivity index (χ2n) is 10.3. The Kier molecular flexibility index (Phi) is 7.24. The van der Waals surface area contributed by atoms with Crippen molar-refractivity contribution >= 4 is 37.2 Å². The number of halogens is 1. The van der Waals surface area contributed by atoms with E-state index in [2.05, 4.69) is 43.8 Å². The molecule has 10 heteroatoms. The van der Waals surface area contributed by atoms with Gasteiger partial charge in [0.05, 0.1) is 36.1 Å². The molecule has 2 N–H and O–H groups in total. The van der Waals surface area contributed by atoms with Crippen LogP contribution in [0, 0.1) is 6.92 Å². The van der Waals surface area contributed by atoms with Crippen molar-refractivity contribution in [3.63, 3.8) is 0 Å². The van der Waals surface area contributed by atoms with Crippen molar-refractivity contribution in [2.45, 2.75) is 89.9 Å². The zero-order chi connectivity index (χ0) is 23.8. The number of piperidine rings is 1. The Hall–Kier alpha value is -1.68. The highest BCUT2D eigenvalue weighted by Gasteiger charge is 2.44. The van der Waals surface area contributed by atoms with E-state index in [0.29, 0.717) is 22.7 Å². The first-order valence-corrected chi connectivity index (χ1v) is 14.4. The zero-order valence-electron chi connectivity index (χ0n) is 19.8. The number of hydrogen-bond acceptors (Lipinski definition) is 5. The number of aryl methyl sites for hydroxylation is 1. The third kappa shape index (κ3) is 5.11. The van der Waals surface area contributed by atoms with Gasteiger partial charge in [-0.3, -0.25) is 0 Å². The molecular weight excluding hydrogens is 448 g/mol. The summed E-state index contributed by atoms with van der Waals surface area (Å²) in [5.41, 5.74) is 2.20. The Morgan fingerprint density at radius 1 is 1.38 bits per heavy atom. The Bertz CT molecular complexity index is 975. The normalized spacial score (nSPS) is 21.2. The summed E-state index contributed by atoms with van der Waals surface area (Å²) < 4.78 is 8.44. The van der Waals surface area contributed by atoms with Gasteiger partial charge in [-0.05, 0) is 49.9 Å². The van der Waals surface area contributed by atoms with Crippen LogP contribution in [0.5, 0.6) is 0 Å². The summed E-state index contributed by atoms with van der Waals surface area (Å²) in [4.78, 5) is 22.2. The number of likely N-dealkylation sites (tertiary alicyclic amines) is 1. The van der Waals surface area contributed by atoms with Crippen LogP contribution in [0.1, 0.15) is 45.6 Å². The molecule has 0 aromatic carbocycles. The van der Waals surface area contributed by atoms with Crippen molar-refractivity contribution < 1.29 is 19.4 Å². The van der Waals surface area contributed by atoms with Gasteiger partial charge in [-0.25, -0.2) is 14.8 Å². The molecule has 1 amide bonds. The van der Waals surface area contributed by atoms with Gasteiger partial charge in [0, 0.05) is 12.7 Å². The van der Waals surface area contributed by atoms with Crippen LogP contribution in [-0.4, -0.2) is 68.9 Å². The zero-order valence-corrected chi connectivity index (χ0v) is 21.6. The average Bonchev–Trinajstić information content (AvgIpc) is 3.08. The number of imidazole rings is 1. The molecule has 3 atom stereocenters. The number of fused-ring (bicyclic) bond motifs is 1. The van der Waals surface area contributed by atoms with Crippen LogP contribution in [0.4, 0.5) is 4.79 Å². The molecule has 0 bridgehead atoms. The highest BCUT2D eigenvalue weighted by Crippen LogP contribution is 2.39. The number of hydrogen-bond donors (Lipinski definition) is 2. The van der Waals surface area contributed by atoms with Crippen molar-refractivity contribution in [1.29, 1.82) is 0 Å². The van der Waals surface area contributed by atoms with Crippen LogP contribution < -0.4 is 0 Å². The monoisotopic (exact) mass is 482 g/mol. The van der Waals surface area contributed by atoms with Crippen LogP contribution >= 0.6 is 11.6 Å². The summed E-state index contributed by atoms with van der Waals surface area (Å²) in [5, 5.41) is 21.3. The third-order valence-electron chi connectivity index (χ3n) is 6.96. The molecule has 2 aromatic rings. The molecule has 0 aliphatic carbocycles. The smallest absolute Gasteiger partial charge is 0.407 e. The van der Waals surface area contributed by atoms with E-state index in [4.69, 9.17) is 16.0 Å². The molecule has 1 aliphatic rings. The lowest BCUT2D eigenvalue weighted by Gasteiger charge is -2.46. The van der Waals surface area contributed by atoms with Crippen molar-refractivity contribution in [1.82, 2.24) is 19.4 Å². The molecule has 1 unspecified atom stereocenters. The fraction of sp³-hybridized carbons (Fsp3) is 0.682. The van der Waals surface area contributed by atoms with Gasteiger partial charge in [-0.2, -0.15) is 0 Å². The molecule has 0 radical (unpaired) electrons. The molecule has 8 nitrogen and oxygen atoms in total. The molecule has 1 aliphatic heterocycles. The van der Waals surface area contributed by atoms with Gasteiger partial charge >= 0.3 is 6.09 Å². The molecule has 1 fully saturated rings. The van der Waals surface area contributed by atoms with E-state index in [1.807, 2.05) is 6.92 Å². The number of aliphatic hydroxyl groups excluding tert-OH is 1. The number of carboxylic acid groups (broad SMARTS) is 1. The van der Waals surface area contributed by atoms with E-state index in [1.54, 1.807) is 17.1 Å². The molecule has 32 heavy (non-hydrogen) atoms. The fourth-order valence-corrected chi connectivity index (χ4v) is 5.57. The summed E-state index contributed by atoms with van der Waals surface area (Å²) in [6.07, 6.45) is 3.09. The summed E-state index contributed by atoms with van der Waals surface area (Å²) in [6.45, 7) is 13.5. The van der Waals surface area contributed by atoms with Crippen LogP contribution in [0.2, 0.25) is 23.2 Å². The molecule has 3 heterocycles. The molecule has 0 saturated carbocycles. The average molecular weight is 483 g/mol. The van der Waals surface area contributed by atoms with E-state index in [1.165, 1.54) is 4.90 Å². The Balaban J connectivity index is 1.80. The van der Waals surface area contributed by atoms with Crippen molar-refractivity contribution in [3.8, 4) is 0 Å². The predicted molar refractivity (Wildman–Crippen MR) is 128 cm³/mol. The van der Waals surface area contributed by atoms with Crippen LogP contribution in [0.25, 0.3) is 11.2 Å². The van der Waals surface area contributed by atoms with Gasteiger partial charge in [0.1, 0.15) is 5.52 Å². The Morgan fingerprint density at radius 3 is 2.69 bits per heavy atom. The van der Waals surface area contributed by atoms with Gasteiger partial charge in [0.2, 0.25) is 0 Å². The van der Waals surface area contributed by atoms with Gasteiger partial charge in [-0.15, -0.1) is 0 Å². The van der Waals surface area contributed by atoms with Gasteiger partial charge < -0.3 is 24.1 Å². The number of aromatic nitrogens is 3. The summed E-state index contributed by atoms with van der Waals surface area (Å²) in [7, 11) is -2.10. The van der Waals surface area contributed by atoms with Gasteiger partial charge in [0.15, 0.2) is 14.0 Å². The van der Waals surface area contributed by atoms with E-state index >= 15 is 0 Å². The van der Waals surface area contributed by atoms with E-state index in [-0.39, 0.29) is 24.1 Å². The number of aliphatic hydroxyl groups is 1. The maximum absolute atomic E-state index is 12.0. The van der Waals surface area contributed by atoms with Crippen LogP contribution in [-0.2, 0) is 11.0 Å². The molecule has 0 spiro atoms. The number of nitrogens with zero attached hydrogens (tertiary/aromatic N) is 4. The van der Waals surface area contributed by atoms with Crippen molar-refractivity contribution in [3.05, 3.63) is 23.1 Å². The first-order valence-electron chi connectivity index (χ1n) is 11.1. The van der Waals surface area contributed by atoms with E-state index in [0.717, 1.165) is 18.4 Å². The van der Waals surface area contributed by atoms with Crippen LogP contribution in [0.3, 0.4) is 0 Å². The molecule has 1 saturated heterocycles. The highest BCUT2D eigenvalue weighted by molar-refractivity contribution is 6.74. The SMILES string of the molecule is Cc1c(Cl)cnc2c1ncn2CC(O)C[C@@H]1[C@@H](O[Si](C)(C)C(C)(C)C)CCCN1C(=O)O. The first kappa shape index (κ1) is 24.9. The molecular formula is C22H35ClN4O4Si. The summed E-state index contributed by atoms with van der Waals surface area (Å²) >= 11 is 6.15. The quantitative estimate of drug-likeness (QED) is 0.580. The standard InChI is InChI=1S/C22H35ClN4O4Si/c1-14-16(23)11-24-20-19(14)25-13-26(20)12-15(28)10-17-18(8-7-9-27(17)21(29)30)31-32(5,6)22(2,3)4/h11,13,15,17-18,28H,7-10,12H2,1-6H3,(H,29,30)/t15?,17-,18+/m1/s1. The minimum Gasteiger partial charge on any atom is -0.465 e. The van der Waals surface area contributed by atoms with Gasteiger partial charge in [0.25, 0.3) is 0 Å². The number of pyridine rings is 1. The molecule has 3 rings (SSSR count). The maximum atomic E-state index is 12.0. The maximum Gasteiger partial charge on any atom is 0.407 e. The fourth-order valence-electron chi connectivity index (χ4n) is 4.05. The lowest BCUT2D eigenvalue weighted by atomic mass is 9.94. The van der Waals surface area contributed by atoms with Gasteiger partial charge in [-0.1, -0.05) is 32.4 Å². The lowest BCUT2D eigenvalue weighted by Crippen LogP contribution is -2.56. The second-order valence-corrected chi connectivity index (χ2v) is 15.5. The van der Waals surface area contributed by atoms with Crippen LogP contribution in [0.15, 0.2) is 12.5 Å². The molecule has 178 valence electrons. The van der Waals surface area contributed by atoms with E-state index < -0.39 is 26.6 Å². The topological polar surface area (TPSA) is 101 Å². The predicted octanol–water partition coefficient (Wildman–Crippen LogP) is 4.68. The Morgan fingerprint density at radius 2 is 2.06 bits per heavy atom. The molecule has 2 aromatic heterocycles. The number of amides is 1. The summed E-state index contributed by atoms with van der Waals surface area (Å²) in [5.74, 6) is 0. The third-order valence-corrected chi connectivity index (χ3v) is 11.8. The van der Waals surface area contributed by atoms with E-state index in [9.17, 15) is 15.0 Å². The minimum atomic E-state index is -2.10. The number of carbonyl (C=O) groups is 1. The first-order chi connectivity index (χ1) is 14.8. The Labute approximate surface area is 195 Å². The highest BCUT2D eigenvalue weighted by atomic mass is 35.5. The van der Waals surface area contributed by atoms with Crippen molar-refractivity contribution in [2.24, 2.45) is 0 Å². The minimum absolute atomic E-state index is 0.0161. The largest absolute Gasteiger partial charge is 0.465 e.